The summed E-state index contributed by atoms with van der Waals surface area (Å²) < 4.78 is 2.24. The van der Waals surface area contributed by atoms with Crippen LogP contribution in [0.5, 0.6) is 0 Å². The monoisotopic (exact) mass is 520 g/mol. The molecular formula is C31H48N6O. The quantitative estimate of drug-likeness (QED) is 0.262. The first-order valence-corrected chi connectivity index (χ1v) is 14.3. The maximum absolute atomic E-state index is 13.5. The Labute approximate surface area is 229 Å². The molecular weight excluding hydrogens is 472 g/mol. The molecule has 1 aromatic carbocycles. The molecule has 1 aliphatic heterocycles. The molecule has 0 spiro atoms. The highest BCUT2D eigenvalue weighted by molar-refractivity contribution is 5.95. The molecule has 0 atom stereocenters. The maximum atomic E-state index is 13.5. The molecule has 7 heteroatoms. The topological polar surface area (TPSA) is 66.3 Å². The lowest BCUT2D eigenvalue weighted by Gasteiger charge is -2.26. The van der Waals surface area contributed by atoms with Crippen molar-refractivity contribution in [3.8, 4) is 0 Å². The van der Waals surface area contributed by atoms with Crippen molar-refractivity contribution in [1.29, 1.82) is 0 Å². The van der Waals surface area contributed by atoms with Crippen molar-refractivity contribution >= 4 is 28.6 Å². The molecule has 0 unspecified atom stereocenters. The van der Waals surface area contributed by atoms with Crippen LogP contribution in [-0.4, -0.2) is 63.0 Å². The van der Waals surface area contributed by atoms with Gasteiger partial charge in [0.2, 0.25) is 5.95 Å². The first kappa shape index (κ1) is 29.6. The summed E-state index contributed by atoms with van der Waals surface area (Å²) in [6.45, 7) is 12.3. The summed E-state index contributed by atoms with van der Waals surface area (Å²) >= 11 is 0. The van der Waals surface area contributed by atoms with E-state index < -0.39 is 0 Å². The second-order valence-corrected chi connectivity index (χ2v) is 10.4. The number of amides is 1. The molecule has 1 fully saturated rings. The summed E-state index contributed by atoms with van der Waals surface area (Å²) in [5.41, 5.74) is 4.53. The van der Waals surface area contributed by atoms with E-state index in [2.05, 4.69) is 64.8 Å². The Morgan fingerprint density at radius 1 is 0.974 bits per heavy atom. The SMILES string of the molecule is C.CCCCN(CCCC)C(=O)c1cc2c(cn1)nc(Nc1ccc(C)cc1)n2CCCN1CCCCC1. The number of aromatic nitrogens is 3. The number of nitrogens with zero attached hydrogens (tertiary/aromatic N) is 5. The van der Waals surface area contributed by atoms with E-state index in [1.54, 1.807) is 6.20 Å². The van der Waals surface area contributed by atoms with Gasteiger partial charge in [-0.05, 0) is 76.9 Å². The third kappa shape index (κ3) is 7.79. The predicted molar refractivity (Wildman–Crippen MR) is 159 cm³/mol. The second kappa shape index (κ2) is 14.9. The molecule has 0 bridgehead atoms. The van der Waals surface area contributed by atoms with E-state index in [1.807, 2.05) is 11.0 Å². The summed E-state index contributed by atoms with van der Waals surface area (Å²) in [5, 5.41) is 3.52. The van der Waals surface area contributed by atoms with Gasteiger partial charge in [0.05, 0.1) is 11.7 Å². The number of imidazole rings is 1. The minimum atomic E-state index is 0. The molecule has 7 nitrogen and oxygen atoms in total. The molecule has 38 heavy (non-hydrogen) atoms. The average molecular weight is 521 g/mol. The van der Waals surface area contributed by atoms with Gasteiger partial charge in [-0.2, -0.15) is 0 Å². The molecule has 1 N–H and O–H groups in total. The third-order valence-electron chi connectivity index (χ3n) is 7.32. The van der Waals surface area contributed by atoms with Crippen LogP contribution in [0.2, 0.25) is 0 Å². The molecule has 0 saturated carbocycles. The van der Waals surface area contributed by atoms with Crippen LogP contribution in [0.4, 0.5) is 11.6 Å². The van der Waals surface area contributed by atoms with Crippen LogP contribution < -0.4 is 5.32 Å². The van der Waals surface area contributed by atoms with Crippen molar-refractivity contribution in [3.63, 3.8) is 0 Å². The van der Waals surface area contributed by atoms with Crippen LogP contribution in [0.15, 0.2) is 36.5 Å². The number of fused-ring (bicyclic) bond motifs is 1. The van der Waals surface area contributed by atoms with E-state index in [-0.39, 0.29) is 13.3 Å². The van der Waals surface area contributed by atoms with Crippen LogP contribution in [0.25, 0.3) is 11.0 Å². The van der Waals surface area contributed by atoms with Gasteiger partial charge in [0.25, 0.3) is 5.91 Å². The van der Waals surface area contributed by atoms with E-state index in [1.165, 1.54) is 37.9 Å². The molecule has 1 saturated heterocycles. The second-order valence-electron chi connectivity index (χ2n) is 10.4. The third-order valence-corrected chi connectivity index (χ3v) is 7.32. The Balaban J connectivity index is 0.00000400. The van der Waals surface area contributed by atoms with Gasteiger partial charge in [0.1, 0.15) is 11.2 Å². The Morgan fingerprint density at radius 3 is 2.32 bits per heavy atom. The van der Waals surface area contributed by atoms with Crippen LogP contribution >= 0.6 is 0 Å². The number of carbonyl (C=O) groups excluding carboxylic acids is 1. The molecule has 208 valence electrons. The van der Waals surface area contributed by atoms with Gasteiger partial charge >= 0.3 is 0 Å². The number of carbonyl (C=O) groups is 1. The lowest BCUT2D eigenvalue weighted by atomic mass is 10.1. The van der Waals surface area contributed by atoms with Crippen LogP contribution in [0.1, 0.15) is 88.7 Å². The van der Waals surface area contributed by atoms with Gasteiger partial charge in [-0.1, -0.05) is 58.2 Å². The lowest BCUT2D eigenvalue weighted by Crippen LogP contribution is -2.33. The number of unbranched alkanes of at least 4 members (excludes halogenated alkanes) is 2. The Morgan fingerprint density at radius 2 is 1.66 bits per heavy atom. The van der Waals surface area contributed by atoms with Gasteiger partial charge < -0.3 is 19.7 Å². The zero-order valence-electron chi connectivity index (χ0n) is 23.0. The standard InChI is InChI=1S/C30H44N6O.CH4/c1-4-6-19-35(20-7-5-2)29(37)26-22-28-27(23-31-26)33-30(32-25-14-12-24(3)13-15-25)36(28)21-11-18-34-16-9-8-10-17-34;/h12-15,22-23H,4-11,16-21H2,1-3H3,(H,32,33);1H4. The molecule has 4 rings (SSSR count). The number of hydrogen-bond acceptors (Lipinski definition) is 5. The number of benzene rings is 1. The average Bonchev–Trinajstić information content (AvgIpc) is 3.26. The summed E-state index contributed by atoms with van der Waals surface area (Å²) in [5.74, 6) is 0.829. The first-order chi connectivity index (χ1) is 18.1. The van der Waals surface area contributed by atoms with Crippen LogP contribution in [-0.2, 0) is 6.54 Å². The molecule has 3 aromatic rings. The van der Waals surface area contributed by atoms with Crippen molar-refractivity contribution < 1.29 is 4.79 Å². The maximum Gasteiger partial charge on any atom is 0.272 e. The number of likely N-dealkylation sites (tertiary alicyclic amines) is 1. The lowest BCUT2D eigenvalue weighted by molar-refractivity contribution is 0.0745. The van der Waals surface area contributed by atoms with Crippen molar-refractivity contribution in [3.05, 3.63) is 47.8 Å². The van der Waals surface area contributed by atoms with Gasteiger partial charge in [0, 0.05) is 25.3 Å². The number of aryl methyl sites for hydroxylation is 2. The number of rotatable bonds is 13. The van der Waals surface area contributed by atoms with Crippen molar-refractivity contribution in [2.24, 2.45) is 0 Å². The highest BCUT2D eigenvalue weighted by atomic mass is 16.2. The van der Waals surface area contributed by atoms with E-state index in [9.17, 15) is 4.79 Å². The highest BCUT2D eigenvalue weighted by Gasteiger charge is 2.20. The first-order valence-electron chi connectivity index (χ1n) is 14.3. The summed E-state index contributed by atoms with van der Waals surface area (Å²) in [7, 11) is 0. The molecule has 2 aromatic heterocycles. The van der Waals surface area contributed by atoms with Gasteiger partial charge in [-0.3, -0.25) is 4.79 Å². The normalized spacial score (nSPS) is 13.9. The summed E-state index contributed by atoms with van der Waals surface area (Å²) in [6, 6.07) is 10.3. The number of hydrogen-bond donors (Lipinski definition) is 1. The highest BCUT2D eigenvalue weighted by Crippen LogP contribution is 2.25. The Hall–Kier alpha value is -2.93. The summed E-state index contributed by atoms with van der Waals surface area (Å²) in [4.78, 5) is 27.5. The molecule has 0 radical (unpaired) electrons. The minimum absolute atomic E-state index is 0. The van der Waals surface area contributed by atoms with Crippen molar-refractivity contribution in [2.45, 2.75) is 86.1 Å². The van der Waals surface area contributed by atoms with Gasteiger partial charge in [0.15, 0.2) is 0 Å². The smallest absolute Gasteiger partial charge is 0.272 e. The van der Waals surface area contributed by atoms with Crippen molar-refractivity contribution in [1.82, 2.24) is 24.3 Å². The predicted octanol–water partition coefficient (Wildman–Crippen LogP) is 7.04. The number of pyridine rings is 1. The number of anilines is 2. The van der Waals surface area contributed by atoms with E-state index >= 15 is 0 Å². The molecule has 3 heterocycles. The Kier molecular flexibility index (Phi) is 11.6. The molecule has 0 aliphatic carbocycles. The summed E-state index contributed by atoms with van der Waals surface area (Å²) in [6.07, 6.45) is 10.9. The molecule has 1 amide bonds. The Bertz CT molecular complexity index is 1130. The minimum Gasteiger partial charge on any atom is -0.337 e. The zero-order valence-corrected chi connectivity index (χ0v) is 23.0. The zero-order chi connectivity index (χ0) is 26.0. The van der Waals surface area contributed by atoms with Crippen LogP contribution in [0, 0.1) is 6.92 Å². The fourth-order valence-corrected chi connectivity index (χ4v) is 5.04. The molecule has 1 aliphatic rings. The van der Waals surface area contributed by atoms with E-state index in [0.717, 1.165) is 81.0 Å². The number of piperidine rings is 1. The largest absolute Gasteiger partial charge is 0.337 e. The fourth-order valence-electron chi connectivity index (χ4n) is 5.04. The van der Waals surface area contributed by atoms with Crippen molar-refractivity contribution in [2.75, 3.05) is 38.0 Å². The van der Waals surface area contributed by atoms with Crippen LogP contribution in [0.3, 0.4) is 0 Å². The van der Waals surface area contributed by atoms with Gasteiger partial charge in [-0.25, -0.2) is 9.97 Å². The van der Waals surface area contributed by atoms with E-state index in [4.69, 9.17) is 4.98 Å². The van der Waals surface area contributed by atoms with E-state index in [0.29, 0.717) is 5.69 Å². The van der Waals surface area contributed by atoms with Gasteiger partial charge in [-0.15, -0.1) is 0 Å². The number of nitrogens with one attached hydrogen (secondary N) is 1. The fraction of sp³-hybridized carbons (Fsp3) is 0.581.